The van der Waals surface area contributed by atoms with Crippen LogP contribution >= 0.6 is 0 Å². The SMILES string of the molecule is Cc1nc(C(C)(F)F)ncc1S(=O)(=O)N1CC2(CN(CC3(C)COC3)C2)C1. The number of alkyl halides is 2. The summed E-state index contributed by atoms with van der Waals surface area (Å²) < 4.78 is 59.0. The van der Waals surface area contributed by atoms with Gasteiger partial charge in [0.2, 0.25) is 10.0 Å². The topological polar surface area (TPSA) is 75.6 Å². The molecule has 1 aromatic heterocycles. The van der Waals surface area contributed by atoms with Crippen molar-refractivity contribution in [3.8, 4) is 0 Å². The van der Waals surface area contributed by atoms with Gasteiger partial charge in [-0.2, -0.15) is 13.1 Å². The number of aromatic nitrogens is 2. The van der Waals surface area contributed by atoms with Crippen molar-refractivity contribution in [2.45, 2.75) is 31.6 Å². The summed E-state index contributed by atoms with van der Waals surface area (Å²) in [4.78, 5) is 9.52. The van der Waals surface area contributed by atoms with Crippen LogP contribution in [0.1, 0.15) is 25.4 Å². The summed E-state index contributed by atoms with van der Waals surface area (Å²) >= 11 is 0. The van der Waals surface area contributed by atoms with Crippen LogP contribution in [0, 0.1) is 17.8 Å². The molecule has 3 saturated heterocycles. The average molecular weight is 402 g/mol. The molecule has 7 nitrogen and oxygen atoms in total. The van der Waals surface area contributed by atoms with Gasteiger partial charge < -0.3 is 9.64 Å². The molecule has 0 atom stereocenters. The van der Waals surface area contributed by atoms with Crippen LogP contribution in [-0.4, -0.2) is 73.5 Å². The fourth-order valence-electron chi connectivity index (χ4n) is 4.23. The molecule has 10 heteroatoms. The van der Waals surface area contributed by atoms with E-state index in [2.05, 4.69) is 21.8 Å². The van der Waals surface area contributed by atoms with Crippen molar-refractivity contribution >= 4 is 10.0 Å². The van der Waals surface area contributed by atoms with Gasteiger partial charge in [0.25, 0.3) is 0 Å². The minimum Gasteiger partial charge on any atom is -0.380 e. The van der Waals surface area contributed by atoms with Gasteiger partial charge in [0.1, 0.15) is 4.90 Å². The molecule has 3 aliphatic rings. The van der Waals surface area contributed by atoms with Gasteiger partial charge in [-0.1, -0.05) is 6.92 Å². The zero-order valence-corrected chi connectivity index (χ0v) is 16.5. The molecule has 4 heterocycles. The highest BCUT2D eigenvalue weighted by molar-refractivity contribution is 7.89. The number of sulfonamides is 1. The summed E-state index contributed by atoms with van der Waals surface area (Å²) in [7, 11) is -3.76. The Kier molecular flexibility index (Phi) is 4.16. The number of hydrogen-bond acceptors (Lipinski definition) is 6. The van der Waals surface area contributed by atoms with Gasteiger partial charge >= 0.3 is 5.92 Å². The van der Waals surface area contributed by atoms with Crippen molar-refractivity contribution in [1.29, 1.82) is 0 Å². The molecule has 0 unspecified atom stereocenters. The summed E-state index contributed by atoms with van der Waals surface area (Å²) in [5.41, 5.74) is 0.282. The quantitative estimate of drug-likeness (QED) is 0.738. The van der Waals surface area contributed by atoms with E-state index in [0.29, 0.717) is 20.0 Å². The number of likely N-dealkylation sites (tertiary alicyclic amines) is 1. The Bertz CT molecular complexity index is 853. The van der Waals surface area contributed by atoms with Crippen molar-refractivity contribution in [2.75, 3.05) is 45.9 Å². The first kappa shape index (κ1) is 19.1. The minimum absolute atomic E-state index is 0.0131. The first-order chi connectivity index (χ1) is 12.4. The Morgan fingerprint density at radius 1 is 1.26 bits per heavy atom. The van der Waals surface area contributed by atoms with E-state index in [4.69, 9.17) is 4.74 Å². The molecule has 0 amide bonds. The first-order valence-electron chi connectivity index (χ1n) is 8.95. The molecule has 3 aliphatic heterocycles. The van der Waals surface area contributed by atoms with Crippen molar-refractivity contribution in [1.82, 2.24) is 19.2 Å². The average Bonchev–Trinajstić information content (AvgIpc) is 2.44. The maximum Gasteiger partial charge on any atom is 0.303 e. The van der Waals surface area contributed by atoms with Crippen molar-refractivity contribution in [2.24, 2.45) is 10.8 Å². The molecule has 4 rings (SSSR count). The Labute approximate surface area is 157 Å². The second kappa shape index (κ2) is 5.88. The molecule has 1 aromatic rings. The second-order valence-corrected chi connectivity index (χ2v) is 10.7. The molecule has 27 heavy (non-hydrogen) atoms. The number of nitrogens with zero attached hydrogens (tertiary/aromatic N) is 4. The van der Waals surface area contributed by atoms with Gasteiger partial charge in [-0.25, -0.2) is 18.4 Å². The van der Waals surface area contributed by atoms with Crippen molar-refractivity contribution in [3.63, 3.8) is 0 Å². The predicted molar refractivity (Wildman–Crippen MR) is 92.9 cm³/mol. The Balaban J connectivity index is 1.39. The highest BCUT2D eigenvalue weighted by atomic mass is 32.2. The van der Waals surface area contributed by atoms with Crippen LogP contribution < -0.4 is 0 Å². The van der Waals surface area contributed by atoms with E-state index in [1.54, 1.807) is 0 Å². The Morgan fingerprint density at radius 2 is 1.89 bits per heavy atom. The van der Waals surface area contributed by atoms with Crippen LogP contribution in [0.2, 0.25) is 0 Å². The van der Waals surface area contributed by atoms with Crippen molar-refractivity contribution in [3.05, 3.63) is 17.7 Å². The summed E-state index contributed by atoms with van der Waals surface area (Å²) in [6, 6.07) is 0. The maximum atomic E-state index is 13.3. The van der Waals surface area contributed by atoms with Crippen LogP contribution in [0.5, 0.6) is 0 Å². The van der Waals surface area contributed by atoms with Gasteiger partial charge in [0.05, 0.1) is 25.1 Å². The number of ether oxygens (including phenoxy) is 1. The van der Waals surface area contributed by atoms with Crippen LogP contribution in [0.15, 0.2) is 11.1 Å². The van der Waals surface area contributed by atoms with Gasteiger partial charge in [-0.05, 0) is 6.92 Å². The number of rotatable bonds is 5. The summed E-state index contributed by atoms with van der Waals surface area (Å²) in [5, 5.41) is 0. The molecular weight excluding hydrogens is 378 g/mol. The molecule has 1 spiro atoms. The Hall–Kier alpha value is -1.23. The second-order valence-electron chi connectivity index (χ2n) is 8.75. The van der Waals surface area contributed by atoms with Crippen LogP contribution in [0.25, 0.3) is 0 Å². The monoisotopic (exact) mass is 402 g/mol. The fraction of sp³-hybridized carbons (Fsp3) is 0.765. The van der Waals surface area contributed by atoms with E-state index in [0.717, 1.165) is 39.0 Å². The van der Waals surface area contributed by atoms with Gasteiger partial charge in [0, 0.05) is 50.5 Å². The Morgan fingerprint density at radius 3 is 2.37 bits per heavy atom. The highest BCUT2D eigenvalue weighted by Gasteiger charge is 2.56. The normalized spacial score (nSPS) is 24.9. The molecule has 0 aliphatic carbocycles. The lowest BCUT2D eigenvalue weighted by atomic mass is 9.73. The standard InChI is InChI=1S/C17H24F2N4O3S/c1-12-13(4-20-14(21-12)16(3,18)19)27(24,25)23-8-17(9-23)6-22(7-17)5-15(2)10-26-11-15/h4H,5-11H2,1-3H3. The molecule has 0 aromatic carbocycles. The van der Waals surface area contributed by atoms with Crippen LogP contribution in [-0.2, 0) is 20.7 Å². The van der Waals surface area contributed by atoms with E-state index in [-0.39, 0.29) is 21.4 Å². The smallest absolute Gasteiger partial charge is 0.303 e. The largest absolute Gasteiger partial charge is 0.380 e. The number of aryl methyl sites for hydroxylation is 1. The highest BCUT2D eigenvalue weighted by Crippen LogP contribution is 2.44. The molecule has 0 saturated carbocycles. The maximum absolute atomic E-state index is 13.3. The van der Waals surface area contributed by atoms with E-state index >= 15 is 0 Å². The molecular formula is C17H24F2N4O3S. The summed E-state index contributed by atoms with van der Waals surface area (Å²) in [5.74, 6) is -3.87. The van der Waals surface area contributed by atoms with E-state index in [1.165, 1.54) is 11.2 Å². The molecule has 0 radical (unpaired) electrons. The van der Waals surface area contributed by atoms with Crippen molar-refractivity contribution < 1.29 is 21.9 Å². The van der Waals surface area contributed by atoms with Gasteiger partial charge in [-0.15, -0.1) is 0 Å². The third-order valence-corrected chi connectivity index (χ3v) is 7.49. The summed E-state index contributed by atoms with van der Waals surface area (Å²) in [6.45, 7) is 9.50. The van der Waals surface area contributed by atoms with Crippen LogP contribution in [0.3, 0.4) is 0 Å². The number of hydrogen-bond donors (Lipinski definition) is 0. The van der Waals surface area contributed by atoms with Gasteiger partial charge in [-0.3, -0.25) is 0 Å². The lowest BCUT2D eigenvalue weighted by Crippen LogP contribution is -2.73. The molecule has 0 N–H and O–H groups in total. The van der Waals surface area contributed by atoms with E-state index in [1.807, 2.05) is 0 Å². The molecule has 3 fully saturated rings. The minimum atomic E-state index is -3.76. The molecule has 150 valence electrons. The first-order valence-corrected chi connectivity index (χ1v) is 10.4. The van der Waals surface area contributed by atoms with E-state index < -0.39 is 21.8 Å². The predicted octanol–water partition coefficient (Wildman–Crippen LogP) is 1.24. The fourth-order valence-corrected chi connectivity index (χ4v) is 6.00. The lowest BCUT2D eigenvalue weighted by Gasteiger charge is -2.61. The van der Waals surface area contributed by atoms with Gasteiger partial charge in [0.15, 0.2) is 5.82 Å². The van der Waals surface area contributed by atoms with E-state index in [9.17, 15) is 17.2 Å². The zero-order chi connectivity index (χ0) is 19.7. The lowest BCUT2D eigenvalue weighted by molar-refractivity contribution is -0.153. The molecule has 0 bridgehead atoms. The third-order valence-electron chi connectivity index (χ3n) is 5.59. The zero-order valence-electron chi connectivity index (χ0n) is 15.7. The third kappa shape index (κ3) is 3.26. The summed E-state index contributed by atoms with van der Waals surface area (Å²) in [6.07, 6.45) is 1.000. The number of halogens is 2. The van der Waals surface area contributed by atoms with Crippen LogP contribution in [0.4, 0.5) is 8.78 Å².